The summed E-state index contributed by atoms with van der Waals surface area (Å²) in [7, 11) is 0. The molecule has 1 aromatic carbocycles. The quantitative estimate of drug-likeness (QED) is 0.627. The minimum absolute atomic E-state index is 0.756. The van der Waals surface area contributed by atoms with Crippen molar-refractivity contribution < 1.29 is 0 Å². The van der Waals surface area contributed by atoms with Gasteiger partial charge in [-0.3, -0.25) is 4.40 Å². The number of benzene rings is 1. The summed E-state index contributed by atoms with van der Waals surface area (Å²) >= 11 is 7.60. The molecule has 0 fully saturated rings. The van der Waals surface area contributed by atoms with E-state index in [9.17, 15) is 0 Å². The minimum Gasteiger partial charge on any atom is -0.290 e. The standard InChI is InChI=1S/C11H7ClN2S/c12-9-3-1-2-8(6-9)10-7-15-11-13-4-5-14(10)11/h1-7H. The van der Waals surface area contributed by atoms with Crippen molar-refractivity contribution in [2.45, 2.75) is 0 Å². The maximum absolute atomic E-state index is 5.97. The predicted molar refractivity (Wildman–Crippen MR) is 63.5 cm³/mol. The van der Waals surface area contributed by atoms with Crippen molar-refractivity contribution in [2.24, 2.45) is 0 Å². The first-order valence-corrected chi connectivity index (χ1v) is 5.77. The number of rotatable bonds is 1. The van der Waals surface area contributed by atoms with Crippen LogP contribution in [-0.4, -0.2) is 9.38 Å². The molecule has 0 atom stereocenters. The zero-order chi connectivity index (χ0) is 10.3. The maximum Gasteiger partial charge on any atom is 0.194 e. The Morgan fingerprint density at radius 2 is 2.27 bits per heavy atom. The molecular formula is C11H7ClN2S. The van der Waals surface area contributed by atoms with Gasteiger partial charge in [-0.1, -0.05) is 23.7 Å². The van der Waals surface area contributed by atoms with Crippen molar-refractivity contribution in [3.8, 4) is 11.3 Å². The molecule has 0 spiro atoms. The SMILES string of the molecule is Clc1cccc(-c2csc3nccn23)c1. The number of aromatic nitrogens is 2. The van der Waals surface area contributed by atoms with Crippen molar-refractivity contribution in [3.63, 3.8) is 0 Å². The van der Waals surface area contributed by atoms with E-state index in [2.05, 4.69) is 14.8 Å². The van der Waals surface area contributed by atoms with Gasteiger partial charge in [0, 0.05) is 28.4 Å². The van der Waals surface area contributed by atoms with Crippen LogP contribution in [0.3, 0.4) is 0 Å². The Balaban J connectivity index is 2.26. The van der Waals surface area contributed by atoms with Crippen molar-refractivity contribution in [3.05, 3.63) is 47.1 Å². The summed E-state index contributed by atoms with van der Waals surface area (Å²) in [5.41, 5.74) is 2.25. The monoisotopic (exact) mass is 234 g/mol. The number of hydrogen-bond donors (Lipinski definition) is 0. The number of fused-ring (bicyclic) bond motifs is 1. The maximum atomic E-state index is 5.97. The second-order valence-corrected chi connectivity index (χ2v) is 4.48. The zero-order valence-electron chi connectivity index (χ0n) is 7.72. The fourth-order valence-electron chi connectivity index (χ4n) is 1.58. The normalized spacial score (nSPS) is 11.0. The van der Waals surface area contributed by atoms with Crippen LogP contribution in [0.15, 0.2) is 42.0 Å². The van der Waals surface area contributed by atoms with E-state index in [0.29, 0.717) is 0 Å². The van der Waals surface area contributed by atoms with E-state index in [4.69, 9.17) is 11.6 Å². The number of hydrogen-bond acceptors (Lipinski definition) is 2. The first-order valence-electron chi connectivity index (χ1n) is 4.51. The van der Waals surface area contributed by atoms with Gasteiger partial charge in [-0.25, -0.2) is 4.98 Å². The summed E-state index contributed by atoms with van der Waals surface area (Å²) in [6.45, 7) is 0. The lowest BCUT2D eigenvalue weighted by molar-refractivity contribution is 1.24. The Hall–Kier alpha value is -1.32. The van der Waals surface area contributed by atoms with E-state index in [1.807, 2.05) is 30.5 Å². The van der Waals surface area contributed by atoms with Crippen LogP contribution < -0.4 is 0 Å². The molecule has 0 aliphatic rings. The van der Waals surface area contributed by atoms with Gasteiger partial charge >= 0.3 is 0 Å². The van der Waals surface area contributed by atoms with E-state index >= 15 is 0 Å². The molecule has 3 aromatic rings. The van der Waals surface area contributed by atoms with Gasteiger partial charge in [-0.15, -0.1) is 11.3 Å². The first kappa shape index (κ1) is 8.95. The number of imidazole rings is 1. The van der Waals surface area contributed by atoms with Gasteiger partial charge in [0.25, 0.3) is 0 Å². The van der Waals surface area contributed by atoms with Gasteiger partial charge in [0.05, 0.1) is 5.69 Å². The molecule has 0 N–H and O–H groups in total. The highest BCUT2D eigenvalue weighted by molar-refractivity contribution is 7.15. The molecule has 0 aliphatic carbocycles. The van der Waals surface area contributed by atoms with Crippen LogP contribution in [0.4, 0.5) is 0 Å². The Morgan fingerprint density at radius 3 is 3.13 bits per heavy atom. The minimum atomic E-state index is 0.756. The van der Waals surface area contributed by atoms with Gasteiger partial charge in [0.2, 0.25) is 0 Å². The van der Waals surface area contributed by atoms with E-state index < -0.39 is 0 Å². The topological polar surface area (TPSA) is 17.3 Å². The van der Waals surface area contributed by atoms with Crippen LogP contribution in [0.5, 0.6) is 0 Å². The van der Waals surface area contributed by atoms with Gasteiger partial charge in [0.15, 0.2) is 4.96 Å². The van der Waals surface area contributed by atoms with Crippen LogP contribution in [0.2, 0.25) is 5.02 Å². The average Bonchev–Trinajstić information content (AvgIpc) is 2.77. The third kappa shape index (κ3) is 1.44. The summed E-state index contributed by atoms with van der Waals surface area (Å²) in [4.78, 5) is 5.24. The lowest BCUT2D eigenvalue weighted by Gasteiger charge is -1.99. The van der Waals surface area contributed by atoms with Gasteiger partial charge in [0.1, 0.15) is 0 Å². The highest BCUT2D eigenvalue weighted by Gasteiger charge is 2.05. The molecule has 15 heavy (non-hydrogen) atoms. The van der Waals surface area contributed by atoms with Crippen LogP contribution in [0.1, 0.15) is 0 Å². The third-order valence-corrected chi connectivity index (χ3v) is 3.35. The van der Waals surface area contributed by atoms with Crippen molar-refractivity contribution in [1.29, 1.82) is 0 Å². The molecule has 0 saturated carbocycles. The van der Waals surface area contributed by atoms with Crippen LogP contribution in [0, 0.1) is 0 Å². The molecule has 3 rings (SSSR count). The predicted octanol–water partition coefficient (Wildman–Crippen LogP) is 3.72. The molecule has 74 valence electrons. The summed E-state index contributed by atoms with van der Waals surface area (Å²) < 4.78 is 2.07. The summed E-state index contributed by atoms with van der Waals surface area (Å²) in [5, 5.41) is 2.85. The third-order valence-electron chi connectivity index (χ3n) is 2.26. The van der Waals surface area contributed by atoms with Crippen LogP contribution in [-0.2, 0) is 0 Å². The summed E-state index contributed by atoms with van der Waals surface area (Å²) in [6.07, 6.45) is 3.77. The molecule has 0 bridgehead atoms. The Morgan fingerprint density at radius 1 is 1.33 bits per heavy atom. The molecule has 2 nitrogen and oxygen atoms in total. The number of thiazole rings is 1. The molecular weight excluding hydrogens is 228 g/mol. The second kappa shape index (κ2) is 3.36. The molecule has 2 aromatic heterocycles. The van der Waals surface area contributed by atoms with E-state index in [-0.39, 0.29) is 0 Å². The molecule has 4 heteroatoms. The molecule has 0 saturated heterocycles. The summed E-state index contributed by atoms with van der Waals surface area (Å²) in [5.74, 6) is 0. The molecule has 2 heterocycles. The highest BCUT2D eigenvalue weighted by atomic mass is 35.5. The van der Waals surface area contributed by atoms with Crippen LogP contribution >= 0.6 is 22.9 Å². The lowest BCUT2D eigenvalue weighted by atomic mass is 10.2. The largest absolute Gasteiger partial charge is 0.290 e. The van der Waals surface area contributed by atoms with Crippen molar-refractivity contribution in [1.82, 2.24) is 9.38 Å². The van der Waals surface area contributed by atoms with Crippen LogP contribution in [0.25, 0.3) is 16.2 Å². The fourth-order valence-corrected chi connectivity index (χ4v) is 2.63. The van der Waals surface area contributed by atoms with E-state index in [1.165, 1.54) is 0 Å². The van der Waals surface area contributed by atoms with Gasteiger partial charge in [-0.05, 0) is 12.1 Å². The van der Waals surface area contributed by atoms with Crippen molar-refractivity contribution >= 4 is 27.9 Å². The number of halogens is 1. The Bertz CT molecular complexity index is 612. The zero-order valence-corrected chi connectivity index (χ0v) is 9.29. The highest BCUT2D eigenvalue weighted by Crippen LogP contribution is 2.26. The summed E-state index contributed by atoms with van der Waals surface area (Å²) in [6, 6.07) is 7.84. The van der Waals surface area contributed by atoms with Gasteiger partial charge < -0.3 is 0 Å². The number of nitrogens with zero attached hydrogens (tertiary/aromatic N) is 2. The lowest BCUT2D eigenvalue weighted by Crippen LogP contribution is -1.82. The second-order valence-electron chi connectivity index (χ2n) is 3.21. The Kier molecular flexibility index (Phi) is 2.01. The molecule has 0 aliphatic heterocycles. The molecule has 0 amide bonds. The van der Waals surface area contributed by atoms with E-state index in [1.54, 1.807) is 17.5 Å². The average molecular weight is 235 g/mol. The Labute approximate surface area is 95.8 Å². The molecule has 0 unspecified atom stereocenters. The van der Waals surface area contributed by atoms with Crippen molar-refractivity contribution in [2.75, 3.05) is 0 Å². The smallest absolute Gasteiger partial charge is 0.194 e. The molecule has 0 radical (unpaired) electrons. The van der Waals surface area contributed by atoms with E-state index in [0.717, 1.165) is 21.2 Å². The first-order chi connectivity index (χ1) is 7.34. The fraction of sp³-hybridized carbons (Fsp3) is 0. The van der Waals surface area contributed by atoms with Gasteiger partial charge in [-0.2, -0.15) is 0 Å².